The topological polar surface area (TPSA) is 74.0 Å². The van der Waals surface area contributed by atoms with Crippen molar-refractivity contribution in [2.24, 2.45) is 5.73 Å². The summed E-state index contributed by atoms with van der Waals surface area (Å²) < 4.78 is 15.3. The van der Waals surface area contributed by atoms with Crippen molar-refractivity contribution in [1.82, 2.24) is 4.90 Å². The molecule has 1 aliphatic heterocycles. The molecule has 1 fully saturated rings. The van der Waals surface area contributed by atoms with Crippen molar-refractivity contribution in [3.63, 3.8) is 0 Å². The van der Waals surface area contributed by atoms with Crippen molar-refractivity contribution < 1.29 is 19.0 Å². The Balaban J connectivity index is 2.53. The highest BCUT2D eigenvalue weighted by Gasteiger charge is 2.40. The van der Waals surface area contributed by atoms with Crippen LogP contribution in [0.1, 0.15) is 12.8 Å². The standard InChI is InChI=1S/C12H24N2O4/c1-16-7-3-5-14(6-9-17-2)11(15)12(13)4-8-18-10-12/h3-10,13H2,1-2H3. The Labute approximate surface area is 108 Å². The molecule has 0 bridgehead atoms. The summed E-state index contributed by atoms with van der Waals surface area (Å²) in [5.41, 5.74) is 5.23. The van der Waals surface area contributed by atoms with Crippen molar-refractivity contribution in [3.8, 4) is 0 Å². The Morgan fingerprint density at radius 3 is 2.61 bits per heavy atom. The van der Waals surface area contributed by atoms with E-state index in [9.17, 15) is 4.79 Å². The minimum atomic E-state index is -0.860. The molecule has 1 heterocycles. The van der Waals surface area contributed by atoms with Crippen LogP contribution in [0.3, 0.4) is 0 Å². The zero-order valence-electron chi connectivity index (χ0n) is 11.3. The summed E-state index contributed by atoms with van der Waals surface area (Å²) in [6.07, 6.45) is 1.38. The molecule has 106 valence electrons. The first-order valence-corrected chi connectivity index (χ1v) is 6.28. The third-order valence-corrected chi connectivity index (χ3v) is 3.11. The van der Waals surface area contributed by atoms with Gasteiger partial charge in [0.05, 0.1) is 13.2 Å². The van der Waals surface area contributed by atoms with E-state index >= 15 is 0 Å². The molecule has 0 saturated carbocycles. The molecule has 0 radical (unpaired) electrons. The largest absolute Gasteiger partial charge is 0.385 e. The van der Waals surface area contributed by atoms with E-state index in [0.29, 0.717) is 45.9 Å². The molecule has 1 unspecified atom stereocenters. The maximum atomic E-state index is 12.4. The molecule has 18 heavy (non-hydrogen) atoms. The van der Waals surface area contributed by atoms with Gasteiger partial charge in [-0.05, 0) is 12.8 Å². The number of nitrogens with two attached hydrogens (primary N) is 1. The summed E-state index contributed by atoms with van der Waals surface area (Å²) in [6.45, 7) is 3.19. The Hall–Kier alpha value is -0.690. The van der Waals surface area contributed by atoms with Crippen LogP contribution in [0, 0.1) is 0 Å². The van der Waals surface area contributed by atoms with Crippen LogP contribution < -0.4 is 5.73 Å². The van der Waals surface area contributed by atoms with Crippen molar-refractivity contribution in [3.05, 3.63) is 0 Å². The Morgan fingerprint density at radius 1 is 1.33 bits per heavy atom. The van der Waals surface area contributed by atoms with Gasteiger partial charge in [0, 0.05) is 40.5 Å². The second-order valence-electron chi connectivity index (χ2n) is 4.59. The van der Waals surface area contributed by atoms with Crippen LogP contribution in [0.5, 0.6) is 0 Å². The minimum Gasteiger partial charge on any atom is -0.385 e. The Kier molecular flexibility index (Phi) is 6.56. The van der Waals surface area contributed by atoms with Crippen LogP contribution in [0.4, 0.5) is 0 Å². The van der Waals surface area contributed by atoms with Crippen LogP contribution in [0.15, 0.2) is 0 Å². The lowest BCUT2D eigenvalue weighted by atomic mass is 9.98. The van der Waals surface area contributed by atoms with Crippen molar-refractivity contribution in [2.45, 2.75) is 18.4 Å². The van der Waals surface area contributed by atoms with E-state index in [1.807, 2.05) is 0 Å². The minimum absolute atomic E-state index is 0.0480. The number of ether oxygens (including phenoxy) is 3. The van der Waals surface area contributed by atoms with E-state index in [1.165, 1.54) is 0 Å². The first kappa shape index (κ1) is 15.4. The molecule has 1 rings (SSSR count). The van der Waals surface area contributed by atoms with Crippen molar-refractivity contribution in [1.29, 1.82) is 0 Å². The molecule has 0 aliphatic carbocycles. The molecule has 2 N–H and O–H groups in total. The van der Waals surface area contributed by atoms with E-state index in [2.05, 4.69) is 0 Å². The first-order chi connectivity index (χ1) is 8.64. The van der Waals surface area contributed by atoms with Crippen LogP contribution in [0.25, 0.3) is 0 Å². The van der Waals surface area contributed by atoms with E-state index in [-0.39, 0.29) is 5.91 Å². The van der Waals surface area contributed by atoms with Gasteiger partial charge in [-0.2, -0.15) is 0 Å². The number of rotatable bonds is 8. The normalized spacial score (nSPS) is 23.3. The molecule has 1 saturated heterocycles. The lowest BCUT2D eigenvalue weighted by molar-refractivity contribution is -0.137. The second kappa shape index (κ2) is 7.68. The highest BCUT2D eigenvalue weighted by molar-refractivity contribution is 5.86. The third-order valence-electron chi connectivity index (χ3n) is 3.11. The van der Waals surface area contributed by atoms with Gasteiger partial charge in [0.2, 0.25) is 5.91 Å². The fourth-order valence-electron chi connectivity index (χ4n) is 1.98. The first-order valence-electron chi connectivity index (χ1n) is 6.28. The van der Waals surface area contributed by atoms with Crippen molar-refractivity contribution in [2.75, 3.05) is 53.7 Å². The van der Waals surface area contributed by atoms with Gasteiger partial charge >= 0.3 is 0 Å². The van der Waals surface area contributed by atoms with Crippen LogP contribution in [-0.4, -0.2) is 70.1 Å². The molecular formula is C12H24N2O4. The van der Waals surface area contributed by atoms with Gasteiger partial charge in [0.15, 0.2) is 0 Å². The molecule has 0 spiro atoms. The predicted octanol–water partition coefficient (Wildman–Crippen LogP) is -0.384. The van der Waals surface area contributed by atoms with E-state index in [1.54, 1.807) is 19.1 Å². The summed E-state index contributed by atoms with van der Waals surface area (Å²) in [4.78, 5) is 14.1. The molecule has 6 heteroatoms. The predicted molar refractivity (Wildman–Crippen MR) is 67.3 cm³/mol. The summed E-state index contributed by atoms with van der Waals surface area (Å²) in [5, 5.41) is 0. The second-order valence-corrected chi connectivity index (χ2v) is 4.59. The Bertz CT molecular complexity index is 254. The maximum absolute atomic E-state index is 12.4. The molecule has 1 atom stereocenters. The van der Waals surface area contributed by atoms with Gasteiger partial charge in [-0.3, -0.25) is 4.79 Å². The molecule has 0 aromatic rings. The number of hydrogen-bond donors (Lipinski definition) is 1. The van der Waals surface area contributed by atoms with Crippen LogP contribution >= 0.6 is 0 Å². The fourth-order valence-corrected chi connectivity index (χ4v) is 1.98. The summed E-state index contributed by atoms with van der Waals surface area (Å²) >= 11 is 0. The van der Waals surface area contributed by atoms with E-state index in [0.717, 1.165) is 6.42 Å². The maximum Gasteiger partial charge on any atom is 0.245 e. The van der Waals surface area contributed by atoms with E-state index < -0.39 is 5.54 Å². The summed E-state index contributed by atoms with van der Waals surface area (Å²) in [5.74, 6) is -0.0480. The monoisotopic (exact) mass is 260 g/mol. The fraction of sp³-hybridized carbons (Fsp3) is 0.917. The SMILES string of the molecule is COCCCN(CCOC)C(=O)C1(N)CCOC1. The molecular weight excluding hydrogens is 236 g/mol. The highest BCUT2D eigenvalue weighted by atomic mass is 16.5. The van der Waals surface area contributed by atoms with Gasteiger partial charge in [-0.15, -0.1) is 0 Å². The molecule has 1 aliphatic rings. The number of carbonyl (C=O) groups excluding carboxylic acids is 1. The number of amides is 1. The zero-order valence-corrected chi connectivity index (χ0v) is 11.3. The van der Waals surface area contributed by atoms with Gasteiger partial charge in [0.1, 0.15) is 5.54 Å². The number of hydrogen-bond acceptors (Lipinski definition) is 5. The number of nitrogens with zero attached hydrogens (tertiary/aromatic N) is 1. The van der Waals surface area contributed by atoms with Gasteiger partial charge in [0.25, 0.3) is 0 Å². The molecule has 1 amide bonds. The van der Waals surface area contributed by atoms with Crippen molar-refractivity contribution >= 4 is 5.91 Å². The smallest absolute Gasteiger partial charge is 0.245 e. The Morgan fingerprint density at radius 2 is 2.06 bits per heavy atom. The van der Waals surface area contributed by atoms with Crippen LogP contribution in [0.2, 0.25) is 0 Å². The van der Waals surface area contributed by atoms with Gasteiger partial charge in [-0.25, -0.2) is 0 Å². The third kappa shape index (κ3) is 4.20. The molecule has 0 aromatic heterocycles. The number of methoxy groups -OCH3 is 2. The average Bonchev–Trinajstić information content (AvgIpc) is 2.81. The zero-order chi connectivity index (χ0) is 13.4. The summed E-state index contributed by atoms with van der Waals surface area (Å²) in [7, 11) is 3.27. The van der Waals surface area contributed by atoms with Gasteiger partial charge in [-0.1, -0.05) is 0 Å². The lowest BCUT2D eigenvalue weighted by Crippen LogP contribution is -2.56. The number of carbonyl (C=O) groups is 1. The molecule has 0 aromatic carbocycles. The van der Waals surface area contributed by atoms with E-state index in [4.69, 9.17) is 19.9 Å². The highest BCUT2D eigenvalue weighted by Crippen LogP contribution is 2.18. The molecule has 6 nitrogen and oxygen atoms in total. The lowest BCUT2D eigenvalue weighted by Gasteiger charge is -2.30. The van der Waals surface area contributed by atoms with Gasteiger partial charge < -0.3 is 24.8 Å². The van der Waals surface area contributed by atoms with Crippen LogP contribution in [-0.2, 0) is 19.0 Å². The summed E-state index contributed by atoms with van der Waals surface area (Å²) in [6, 6.07) is 0. The quantitative estimate of drug-likeness (QED) is 0.602. The average molecular weight is 260 g/mol.